The highest BCUT2D eigenvalue weighted by Gasteiger charge is 2.12. The van der Waals surface area contributed by atoms with Gasteiger partial charge in [-0.1, -0.05) is 30.3 Å². The molecular weight excluding hydrogens is 244 g/mol. The Morgan fingerprint density at radius 1 is 1.32 bits per heavy atom. The summed E-state index contributed by atoms with van der Waals surface area (Å²) in [5.74, 6) is 0. The number of hydrogen-bond acceptors (Lipinski definition) is 3. The van der Waals surface area contributed by atoms with Gasteiger partial charge in [-0.15, -0.1) is 0 Å². The van der Waals surface area contributed by atoms with Gasteiger partial charge in [0.2, 0.25) is 0 Å². The largest absolute Gasteiger partial charge is 0.465 e. The minimum atomic E-state index is -1.14. The third-order valence-electron chi connectivity index (χ3n) is 2.76. The number of aliphatic hydroxyl groups is 1. The first-order valence-corrected chi connectivity index (χ1v) is 5.78. The van der Waals surface area contributed by atoms with Crippen LogP contribution in [0.3, 0.4) is 0 Å². The van der Waals surface area contributed by atoms with Gasteiger partial charge in [-0.05, 0) is 18.6 Å². The molecule has 0 saturated carbocycles. The van der Waals surface area contributed by atoms with E-state index in [1.165, 1.54) is 0 Å². The molecule has 1 amide bonds. The molecule has 0 unspecified atom stereocenters. The Morgan fingerprint density at radius 3 is 2.58 bits per heavy atom. The fourth-order valence-electron chi connectivity index (χ4n) is 1.84. The molecule has 0 aliphatic carbocycles. The summed E-state index contributed by atoms with van der Waals surface area (Å²) in [6.45, 7) is 1.60. The molecule has 1 aromatic heterocycles. The van der Waals surface area contributed by atoms with Crippen LogP contribution in [0.5, 0.6) is 0 Å². The molecular formula is C14H14N2O3. The molecule has 1 aromatic carbocycles. The third-order valence-corrected chi connectivity index (χ3v) is 2.76. The second-order valence-corrected chi connectivity index (χ2v) is 4.10. The van der Waals surface area contributed by atoms with Crippen molar-refractivity contribution in [1.82, 2.24) is 4.98 Å². The zero-order valence-electron chi connectivity index (χ0n) is 10.4. The van der Waals surface area contributed by atoms with E-state index in [0.717, 1.165) is 11.1 Å². The van der Waals surface area contributed by atoms with Gasteiger partial charge in [0.15, 0.2) is 0 Å². The molecule has 0 spiro atoms. The SMILES string of the molecule is Cc1cc(NC(=O)O)c(-c2ccccc2)nc1CO. The monoisotopic (exact) mass is 258 g/mol. The zero-order chi connectivity index (χ0) is 13.8. The lowest BCUT2D eigenvalue weighted by Crippen LogP contribution is -2.10. The third kappa shape index (κ3) is 2.89. The number of carboxylic acid groups (broad SMARTS) is 1. The van der Waals surface area contributed by atoms with E-state index in [9.17, 15) is 9.90 Å². The van der Waals surface area contributed by atoms with E-state index < -0.39 is 6.09 Å². The highest BCUT2D eigenvalue weighted by Crippen LogP contribution is 2.28. The van der Waals surface area contributed by atoms with Gasteiger partial charge in [-0.3, -0.25) is 5.32 Å². The van der Waals surface area contributed by atoms with Crippen molar-refractivity contribution < 1.29 is 15.0 Å². The second kappa shape index (κ2) is 5.49. The number of carbonyl (C=O) groups is 1. The lowest BCUT2D eigenvalue weighted by atomic mass is 10.1. The van der Waals surface area contributed by atoms with Crippen LogP contribution in [0.1, 0.15) is 11.3 Å². The summed E-state index contributed by atoms with van der Waals surface area (Å²) in [4.78, 5) is 15.2. The number of amides is 1. The number of pyridine rings is 1. The maximum absolute atomic E-state index is 10.8. The fraction of sp³-hybridized carbons (Fsp3) is 0.143. The van der Waals surface area contributed by atoms with Crippen LogP contribution in [0.25, 0.3) is 11.3 Å². The summed E-state index contributed by atoms with van der Waals surface area (Å²) in [6.07, 6.45) is -1.14. The van der Waals surface area contributed by atoms with Gasteiger partial charge in [0, 0.05) is 5.56 Å². The van der Waals surface area contributed by atoms with E-state index in [4.69, 9.17) is 5.11 Å². The summed E-state index contributed by atoms with van der Waals surface area (Å²) >= 11 is 0. The molecule has 0 fully saturated rings. The predicted molar refractivity (Wildman–Crippen MR) is 72.0 cm³/mol. The molecule has 0 saturated heterocycles. The summed E-state index contributed by atoms with van der Waals surface area (Å²) in [5.41, 5.74) is 2.99. The quantitative estimate of drug-likeness (QED) is 0.790. The van der Waals surface area contributed by atoms with Crippen molar-refractivity contribution in [2.45, 2.75) is 13.5 Å². The molecule has 5 nitrogen and oxygen atoms in total. The van der Waals surface area contributed by atoms with Crippen LogP contribution in [0, 0.1) is 6.92 Å². The number of aryl methyl sites for hydroxylation is 1. The van der Waals surface area contributed by atoms with E-state index in [1.54, 1.807) is 13.0 Å². The van der Waals surface area contributed by atoms with E-state index in [1.807, 2.05) is 30.3 Å². The first kappa shape index (κ1) is 13.0. The van der Waals surface area contributed by atoms with Gasteiger partial charge >= 0.3 is 6.09 Å². The summed E-state index contributed by atoms with van der Waals surface area (Å²) < 4.78 is 0. The maximum Gasteiger partial charge on any atom is 0.409 e. The Balaban J connectivity index is 2.58. The fourth-order valence-corrected chi connectivity index (χ4v) is 1.84. The van der Waals surface area contributed by atoms with Crippen molar-refractivity contribution in [3.8, 4) is 11.3 Å². The molecule has 0 aliphatic rings. The Labute approximate surface area is 110 Å². The van der Waals surface area contributed by atoms with Crippen molar-refractivity contribution in [3.05, 3.63) is 47.7 Å². The predicted octanol–water partition coefficient (Wildman–Crippen LogP) is 2.64. The number of nitrogens with one attached hydrogen (secondary N) is 1. The standard InChI is InChI=1S/C14H14N2O3/c1-9-7-11(16-14(18)19)13(15-12(9)8-17)10-5-3-2-4-6-10/h2-7,16-17H,8H2,1H3,(H,18,19). The van der Waals surface area contributed by atoms with Crippen LogP contribution in [0.15, 0.2) is 36.4 Å². The normalized spacial score (nSPS) is 10.2. The number of nitrogens with zero attached hydrogens (tertiary/aromatic N) is 1. The van der Waals surface area contributed by atoms with Crippen LogP contribution in [0.4, 0.5) is 10.5 Å². The van der Waals surface area contributed by atoms with Crippen molar-refractivity contribution in [2.75, 3.05) is 5.32 Å². The van der Waals surface area contributed by atoms with Crippen LogP contribution in [-0.2, 0) is 6.61 Å². The van der Waals surface area contributed by atoms with Crippen molar-refractivity contribution >= 4 is 11.8 Å². The molecule has 0 aliphatic heterocycles. The Bertz CT molecular complexity index is 597. The van der Waals surface area contributed by atoms with Crippen LogP contribution < -0.4 is 5.32 Å². The first-order chi connectivity index (χ1) is 9.11. The molecule has 0 atom stereocenters. The highest BCUT2D eigenvalue weighted by atomic mass is 16.4. The number of hydrogen-bond donors (Lipinski definition) is 3. The molecule has 19 heavy (non-hydrogen) atoms. The number of aromatic nitrogens is 1. The summed E-state index contributed by atoms with van der Waals surface area (Å²) in [5, 5.41) is 20.5. The topological polar surface area (TPSA) is 82.5 Å². The lowest BCUT2D eigenvalue weighted by Gasteiger charge is -2.12. The van der Waals surface area contributed by atoms with E-state index >= 15 is 0 Å². The first-order valence-electron chi connectivity index (χ1n) is 5.78. The van der Waals surface area contributed by atoms with Gasteiger partial charge in [0.1, 0.15) is 0 Å². The van der Waals surface area contributed by atoms with Crippen molar-refractivity contribution in [2.24, 2.45) is 0 Å². The zero-order valence-corrected chi connectivity index (χ0v) is 10.4. The minimum absolute atomic E-state index is 0.182. The summed E-state index contributed by atoms with van der Waals surface area (Å²) in [7, 11) is 0. The number of aliphatic hydroxyl groups excluding tert-OH is 1. The van der Waals surface area contributed by atoms with Crippen LogP contribution >= 0.6 is 0 Å². The van der Waals surface area contributed by atoms with E-state index in [0.29, 0.717) is 17.1 Å². The maximum atomic E-state index is 10.8. The summed E-state index contributed by atoms with van der Waals surface area (Å²) in [6, 6.07) is 10.9. The highest BCUT2D eigenvalue weighted by molar-refractivity contribution is 5.89. The Morgan fingerprint density at radius 2 is 2.00 bits per heavy atom. The molecule has 98 valence electrons. The van der Waals surface area contributed by atoms with Gasteiger partial charge in [-0.2, -0.15) is 0 Å². The molecule has 2 rings (SSSR count). The van der Waals surface area contributed by atoms with Gasteiger partial charge in [0.05, 0.1) is 23.7 Å². The molecule has 0 bridgehead atoms. The van der Waals surface area contributed by atoms with Gasteiger partial charge in [0.25, 0.3) is 0 Å². The second-order valence-electron chi connectivity index (χ2n) is 4.10. The van der Waals surface area contributed by atoms with Crippen LogP contribution in [-0.4, -0.2) is 21.3 Å². The number of rotatable bonds is 3. The molecule has 1 heterocycles. The van der Waals surface area contributed by atoms with Crippen molar-refractivity contribution in [3.63, 3.8) is 0 Å². The lowest BCUT2D eigenvalue weighted by molar-refractivity contribution is 0.210. The molecule has 3 N–H and O–H groups in total. The smallest absolute Gasteiger partial charge is 0.409 e. The van der Waals surface area contributed by atoms with E-state index in [2.05, 4.69) is 10.3 Å². The Hall–Kier alpha value is -2.40. The molecule has 5 heteroatoms. The van der Waals surface area contributed by atoms with Crippen molar-refractivity contribution in [1.29, 1.82) is 0 Å². The number of benzene rings is 1. The minimum Gasteiger partial charge on any atom is -0.465 e. The van der Waals surface area contributed by atoms with Gasteiger partial charge in [-0.25, -0.2) is 9.78 Å². The van der Waals surface area contributed by atoms with Crippen LogP contribution in [0.2, 0.25) is 0 Å². The molecule has 0 radical (unpaired) electrons. The van der Waals surface area contributed by atoms with E-state index in [-0.39, 0.29) is 6.61 Å². The Kier molecular flexibility index (Phi) is 3.77. The van der Waals surface area contributed by atoms with Gasteiger partial charge < -0.3 is 10.2 Å². The average molecular weight is 258 g/mol. The molecule has 2 aromatic rings. The number of anilines is 1. The average Bonchev–Trinajstić information content (AvgIpc) is 2.39.